The van der Waals surface area contributed by atoms with Crippen LogP contribution in [-0.4, -0.2) is 22.3 Å². The molecule has 1 aromatic rings. The van der Waals surface area contributed by atoms with E-state index >= 15 is 0 Å². The summed E-state index contributed by atoms with van der Waals surface area (Å²) in [5.74, 6) is -0.743. The van der Waals surface area contributed by atoms with Crippen molar-refractivity contribution in [1.29, 1.82) is 0 Å². The molecule has 0 atom stereocenters. The van der Waals surface area contributed by atoms with Crippen LogP contribution < -0.4 is 11.1 Å². The van der Waals surface area contributed by atoms with E-state index in [2.05, 4.69) is 26.2 Å². The Morgan fingerprint density at radius 1 is 1.47 bits per heavy atom. The number of nitrogens with zero attached hydrogens (tertiary/aromatic N) is 1. The lowest BCUT2D eigenvalue weighted by molar-refractivity contribution is -0.119. The Balaban J connectivity index is 2.75. The maximum absolute atomic E-state index is 11.9. The highest BCUT2D eigenvalue weighted by molar-refractivity contribution is 9.10. The molecule has 2 amide bonds. The topological polar surface area (TPSA) is 85.1 Å². The molecule has 0 saturated heterocycles. The molecule has 17 heavy (non-hydrogen) atoms. The largest absolute Gasteiger partial charge is 0.370 e. The van der Waals surface area contributed by atoms with Crippen LogP contribution in [0.15, 0.2) is 22.9 Å². The summed E-state index contributed by atoms with van der Waals surface area (Å²) in [6.45, 7) is 3.47. The summed E-state index contributed by atoms with van der Waals surface area (Å²) < 4.78 is 0.720. The van der Waals surface area contributed by atoms with Gasteiger partial charge in [0.2, 0.25) is 5.91 Å². The highest BCUT2D eigenvalue weighted by Crippen LogP contribution is 2.12. The molecular formula is C11H14BrN3O2. The van der Waals surface area contributed by atoms with E-state index in [1.807, 2.05) is 0 Å². The molecule has 1 heterocycles. The molecule has 0 bridgehead atoms. The van der Waals surface area contributed by atoms with Gasteiger partial charge in [-0.1, -0.05) is 0 Å². The fourth-order valence-electron chi connectivity index (χ4n) is 1.40. The van der Waals surface area contributed by atoms with Crippen LogP contribution in [0.4, 0.5) is 0 Å². The molecule has 3 N–H and O–H groups in total. The Hall–Kier alpha value is -1.43. The van der Waals surface area contributed by atoms with E-state index in [9.17, 15) is 9.59 Å². The van der Waals surface area contributed by atoms with Crippen LogP contribution in [-0.2, 0) is 4.79 Å². The summed E-state index contributed by atoms with van der Waals surface area (Å²) in [6, 6.07) is 1.66. The summed E-state index contributed by atoms with van der Waals surface area (Å²) >= 11 is 3.23. The number of hydrogen-bond donors (Lipinski definition) is 2. The number of primary amides is 1. The molecule has 0 fully saturated rings. The first-order valence-electron chi connectivity index (χ1n) is 5.01. The van der Waals surface area contributed by atoms with Crippen molar-refractivity contribution in [2.45, 2.75) is 25.8 Å². The number of carbonyl (C=O) groups is 2. The third-order valence-corrected chi connectivity index (χ3v) is 2.47. The number of nitrogens with two attached hydrogens (primary N) is 1. The molecule has 1 aromatic heterocycles. The average Bonchev–Trinajstić information content (AvgIpc) is 2.14. The van der Waals surface area contributed by atoms with E-state index in [4.69, 9.17) is 5.73 Å². The van der Waals surface area contributed by atoms with Gasteiger partial charge < -0.3 is 11.1 Å². The van der Waals surface area contributed by atoms with Gasteiger partial charge >= 0.3 is 0 Å². The first-order chi connectivity index (χ1) is 7.80. The number of halogens is 1. The molecule has 92 valence electrons. The highest BCUT2D eigenvalue weighted by Gasteiger charge is 2.23. The molecular weight excluding hydrogens is 286 g/mol. The van der Waals surface area contributed by atoms with Crippen molar-refractivity contribution in [2.24, 2.45) is 5.73 Å². The molecule has 6 heteroatoms. The molecule has 0 spiro atoms. The number of amides is 2. The molecule has 0 saturated carbocycles. The van der Waals surface area contributed by atoms with Gasteiger partial charge in [-0.2, -0.15) is 0 Å². The van der Waals surface area contributed by atoms with Gasteiger partial charge in [-0.3, -0.25) is 14.6 Å². The minimum atomic E-state index is -0.675. The molecule has 0 aliphatic heterocycles. The Kier molecular flexibility index (Phi) is 4.22. The Bertz CT molecular complexity index is 446. The van der Waals surface area contributed by atoms with Crippen molar-refractivity contribution in [1.82, 2.24) is 10.3 Å². The zero-order valence-corrected chi connectivity index (χ0v) is 11.2. The predicted octanol–water partition coefficient (Wildman–Crippen LogP) is 1.23. The molecule has 1 rings (SSSR count). The Morgan fingerprint density at radius 2 is 2.12 bits per heavy atom. The van der Waals surface area contributed by atoms with E-state index in [0.29, 0.717) is 5.56 Å². The lowest BCUT2D eigenvalue weighted by atomic mass is 10.00. The predicted molar refractivity (Wildman–Crippen MR) is 67.3 cm³/mol. The van der Waals surface area contributed by atoms with Crippen molar-refractivity contribution in [3.63, 3.8) is 0 Å². The van der Waals surface area contributed by atoms with Gasteiger partial charge in [0, 0.05) is 28.8 Å². The normalized spacial score (nSPS) is 11.0. The van der Waals surface area contributed by atoms with Crippen LogP contribution in [0.5, 0.6) is 0 Å². The standard InChI is InChI=1S/C11H14BrN3O2/c1-11(2,4-9(13)16)15-10(17)7-3-8(12)6-14-5-7/h3,5-6H,4H2,1-2H3,(H2,13,16)(H,15,17). The number of pyridine rings is 1. The van der Waals surface area contributed by atoms with Crippen molar-refractivity contribution in [3.8, 4) is 0 Å². The van der Waals surface area contributed by atoms with Crippen LogP contribution in [0.25, 0.3) is 0 Å². The van der Waals surface area contributed by atoms with Crippen LogP contribution in [0.2, 0.25) is 0 Å². The number of aromatic nitrogens is 1. The van der Waals surface area contributed by atoms with Crippen molar-refractivity contribution in [2.75, 3.05) is 0 Å². The SMILES string of the molecule is CC(C)(CC(N)=O)NC(=O)c1cncc(Br)c1. The smallest absolute Gasteiger partial charge is 0.253 e. The minimum absolute atomic E-state index is 0.0835. The lowest BCUT2D eigenvalue weighted by Crippen LogP contribution is -2.46. The molecule has 0 unspecified atom stereocenters. The number of nitrogens with one attached hydrogen (secondary N) is 1. The third-order valence-electron chi connectivity index (χ3n) is 2.04. The molecule has 0 aliphatic carbocycles. The monoisotopic (exact) mass is 299 g/mol. The van der Waals surface area contributed by atoms with E-state index in [1.165, 1.54) is 6.20 Å². The van der Waals surface area contributed by atoms with Crippen LogP contribution in [0, 0.1) is 0 Å². The summed E-state index contributed by atoms with van der Waals surface area (Å²) in [5, 5.41) is 2.73. The second-order valence-corrected chi connectivity index (χ2v) is 5.29. The van der Waals surface area contributed by atoms with E-state index in [1.54, 1.807) is 26.1 Å². The fourth-order valence-corrected chi connectivity index (χ4v) is 1.76. The van der Waals surface area contributed by atoms with E-state index < -0.39 is 11.4 Å². The number of hydrogen-bond acceptors (Lipinski definition) is 3. The number of carbonyl (C=O) groups excluding carboxylic acids is 2. The zero-order chi connectivity index (χ0) is 13.1. The minimum Gasteiger partial charge on any atom is -0.370 e. The van der Waals surface area contributed by atoms with Crippen molar-refractivity contribution < 1.29 is 9.59 Å². The van der Waals surface area contributed by atoms with Crippen LogP contribution in [0.3, 0.4) is 0 Å². The van der Waals surface area contributed by atoms with Crippen LogP contribution >= 0.6 is 15.9 Å². The fraction of sp³-hybridized carbons (Fsp3) is 0.364. The van der Waals surface area contributed by atoms with Gasteiger partial charge in [0.15, 0.2) is 0 Å². The van der Waals surface area contributed by atoms with Crippen LogP contribution in [0.1, 0.15) is 30.6 Å². The molecule has 0 aromatic carbocycles. The average molecular weight is 300 g/mol. The lowest BCUT2D eigenvalue weighted by Gasteiger charge is -2.24. The summed E-state index contributed by atoms with van der Waals surface area (Å²) in [5.41, 5.74) is 4.86. The van der Waals surface area contributed by atoms with Crippen molar-refractivity contribution in [3.05, 3.63) is 28.5 Å². The maximum Gasteiger partial charge on any atom is 0.253 e. The highest BCUT2D eigenvalue weighted by atomic mass is 79.9. The first kappa shape index (κ1) is 13.6. The zero-order valence-electron chi connectivity index (χ0n) is 9.66. The second-order valence-electron chi connectivity index (χ2n) is 4.37. The van der Waals surface area contributed by atoms with Gasteiger partial charge in [-0.15, -0.1) is 0 Å². The Morgan fingerprint density at radius 3 is 2.65 bits per heavy atom. The van der Waals surface area contributed by atoms with Gasteiger partial charge in [0.25, 0.3) is 5.91 Å². The van der Waals surface area contributed by atoms with E-state index in [0.717, 1.165) is 4.47 Å². The quantitative estimate of drug-likeness (QED) is 0.877. The first-order valence-corrected chi connectivity index (χ1v) is 5.81. The maximum atomic E-state index is 11.9. The van der Waals surface area contributed by atoms with Gasteiger partial charge in [0.05, 0.1) is 5.56 Å². The Labute approximate surface area is 108 Å². The van der Waals surface area contributed by atoms with Crippen molar-refractivity contribution >= 4 is 27.7 Å². The van der Waals surface area contributed by atoms with E-state index in [-0.39, 0.29) is 12.3 Å². The van der Waals surface area contributed by atoms with Gasteiger partial charge in [-0.25, -0.2) is 0 Å². The second kappa shape index (κ2) is 5.27. The molecule has 0 radical (unpaired) electrons. The summed E-state index contributed by atoms with van der Waals surface area (Å²) in [6.07, 6.45) is 3.13. The molecule has 0 aliphatic rings. The molecule has 5 nitrogen and oxygen atoms in total. The van der Waals surface area contributed by atoms with Gasteiger partial charge in [-0.05, 0) is 35.8 Å². The summed E-state index contributed by atoms with van der Waals surface area (Å²) in [7, 11) is 0. The third kappa shape index (κ3) is 4.52. The summed E-state index contributed by atoms with van der Waals surface area (Å²) in [4.78, 5) is 26.6. The number of rotatable bonds is 4. The van der Waals surface area contributed by atoms with Gasteiger partial charge in [0.1, 0.15) is 0 Å².